The van der Waals surface area contributed by atoms with Crippen molar-refractivity contribution in [3.63, 3.8) is 0 Å². The molecule has 4 aliphatic rings. The number of hydrogen-bond acceptors (Lipinski definition) is 9. The highest BCUT2D eigenvalue weighted by atomic mass is 79.9. The van der Waals surface area contributed by atoms with Gasteiger partial charge in [-0.15, -0.1) is 32.7 Å². The molecular weight excluding hydrogens is 1420 g/mol. The Bertz CT molecular complexity index is 3910. The van der Waals surface area contributed by atoms with Gasteiger partial charge in [-0.25, -0.2) is 27.8 Å². The fourth-order valence-corrected chi connectivity index (χ4v) is 10.4. The van der Waals surface area contributed by atoms with E-state index >= 15 is 0 Å². The summed E-state index contributed by atoms with van der Waals surface area (Å²) in [4.78, 5) is 66.7. The van der Waals surface area contributed by atoms with Crippen LogP contribution in [-0.2, 0) is 31.9 Å². The van der Waals surface area contributed by atoms with Gasteiger partial charge in [-0.2, -0.15) is 0 Å². The number of terminal acetylenes is 1. The Balaban J connectivity index is 0.000000241. The largest absolute Gasteiger partial charge is 0.478 e. The maximum Gasteiger partial charge on any atom is 0.337 e. The summed E-state index contributed by atoms with van der Waals surface area (Å²) in [5.74, 6) is 9.65. The lowest BCUT2D eigenvalue weighted by atomic mass is 9.94. The molecule has 2 aromatic heterocycles. The van der Waals surface area contributed by atoms with Gasteiger partial charge in [0.15, 0.2) is 0 Å². The van der Waals surface area contributed by atoms with Crippen LogP contribution in [0.1, 0.15) is 128 Å². The van der Waals surface area contributed by atoms with E-state index in [1.807, 2.05) is 53.1 Å². The van der Waals surface area contributed by atoms with Crippen LogP contribution in [0.15, 0.2) is 172 Å². The number of allylic oxidation sites excluding steroid dienone is 4. The number of amides is 2. The van der Waals surface area contributed by atoms with Crippen molar-refractivity contribution in [1.29, 1.82) is 0 Å². The lowest BCUT2D eigenvalue weighted by Gasteiger charge is -2.25. The van der Waals surface area contributed by atoms with E-state index in [0.29, 0.717) is 39.9 Å². The number of rotatable bonds is 8. The van der Waals surface area contributed by atoms with Gasteiger partial charge in [-0.3, -0.25) is 28.3 Å². The van der Waals surface area contributed by atoms with Crippen molar-refractivity contribution < 1.29 is 32.5 Å². The summed E-state index contributed by atoms with van der Waals surface area (Å²) in [5, 5.41) is 16.3. The Labute approximate surface area is 566 Å². The predicted octanol–water partition coefficient (Wildman–Crippen LogP) is 15.5. The van der Waals surface area contributed by atoms with Crippen LogP contribution in [0.25, 0.3) is 21.8 Å². The zero-order chi connectivity index (χ0) is 66.8. The number of nitrogen functional groups attached to an aromatic ring is 1. The van der Waals surface area contributed by atoms with Crippen LogP contribution in [0.2, 0.25) is 0 Å². The Morgan fingerprint density at radius 2 is 1.14 bits per heavy atom. The first-order chi connectivity index (χ1) is 43.7. The van der Waals surface area contributed by atoms with E-state index in [9.17, 15) is 32.8 Å². The Hall–Kier alpha value is -7.30. The monoisotopic (exact) mass is 1490 g/mol. The molecular formula is C69H72Br3Cl2F2N7O7S. The highest BCUT2D eigenvalue weighted by Crippen LogP contribution is 2.31. The number of carbonyl (C=O) groups excluding carboxylic acids is 2. The molecule has 11 rings (SSSR count). The van der Waals surface area contributed by atoms with E-state index in [4.69, 9.17) is 31.4 Å². The van der Waals surface area contributed by atoms with Crippen LogP contribution in [0.5, 0.6) is 0 Å². The molecule has 2 amide bonds. The molecule has 0 saturated carbocycles. The minimum atomic E-state index is -1.67. The number of nitrogens with one attached hydrogen (secondary N) is 2. The third-order valence-corrected chi connectivity index (χ3v) is 15.4. The maximum atomic E-state index is 13.3. The van der Waals surface area contributed by atoms with Gasteiger partial charge in [-0.05, 0) is 162 Å². The van der Waals surface area contributed by atoms with Gasteiger partial charge in [0.05, 0.1) is 27.4 Å². The lowest BCUT2D eigenvalue weighted by molar-refractivity contribution is -0.126. The highest BCUT2D eigenvalue weighted by molar-refractivity contribution is 9.10. The topological polar surface area (TPSA) is 208 Å². The van der Waals surface area contributed by atoms with Crippen molar-refractivity contribution in [3.8, 4) is 24.2 Å². The first kappa shape index (κ1) is 76.2. The molecule has 3 unspecified atom stereocenters. The number of aromatic carboxylic acids is 1. The van der Waals surface area contributed by atoms with Crippen LogP contribution in [0, 0.1) is 41.7 Å². The van der Waals surface area contributed by atoms with Gasteiger partial charge >= 0.3 is 5.97 Å². The molecule has 22 heteroatoms. The summed E-state index contributed by atoms with van der Waals surface area (Å²) in [6.07, 6.45) is 24.2. The molecule has 0 bridgehead atoms. The van der Waals surface area contributed by atoms with Gasteiger partial charge in [0.2, 0.25) is 21.0 Å². The van der Waals surface area contributed by atoms with Crippen LogP contribution in [0.3, 0.4) is 0 Å². The molecule has 4 aliphatic heterocycles. The van der Waals surface area contributed by atoms with Gasteiger partial charge < -0.3 is 21.5 Å². The Kier molecular flexibility index (Phi) is 34.5. The van der Waals surface area contributed by atoms with Crippen LogP contribution < -0.4 is 27.5 Å². The molecule has 3 atom stereocenters. The average molecular weight is 1490 g/mol. The normalized spacial score (nSPS) is 15.6. The number of anilines is 1. The predicted molar refractivity (Wildman–Crippen MR) is 377 cm³/mol. The number of piperidine rings is 2. The fourth-order valence-electron chi connectivity index (χ4n) is 9.69. The maximum absolute atomic E-state index is 13.3. The van der Waals surface area contributed by atoms with Gasteiger partial charge in [-0.1, -0.05) is 102 Å². The molecule has 6 heterocycles. The van der Waals surface area contributed by atoms with E-state index in [-0.39, 0.29) is 57.7 Å². The van der Waals surface area contributed by atoms with Crippen LogP contribution in [-0.4, -0.2) is 64.6 Å². The number of aromatic nitrogens is 4. The molecule has 0 spiro atoms. The van der Waals surface area contributed by atoms with E-state index < -0.39 is 15.2 Å². The number of nitrogens with two attached hydrogens (primary N) is 1. The molecule has 5 N–H and O–H groups in total. The number of alkyl halides is 1. The molecule has 2 saturated heterocycles. The molecule has 2 fully saturated rings. The molecule has 14 nitrogen and oxygen atoms in total. The van der Waals surface area contributed by atoms with Crippen molar-refractivity contribution >= 4 is 124 Å². The smallest absolute Gasteiger partial charge is 0.337 e. The van der Waals surface area contributed by atoms with Crippen molar-refractivity contribution in [3.05, 3.63) is 229 Å². The number of fused-ring (bicyclic) bond motifs is 4. The zero-order valence-corrected chi connectivity index (χ0v) is 57.2. The average Bonchev–Trinajstić information content (AvgIpc) is 0.903. The van der Waals surface area contributed by atoms with Crippen molar-refractivity contribution in [1.82, 2.24) is 29.7 Å². The summed E-state index contributed by atoms with van der Waals surface area (Å²) >= 11 is 9.74. The number of carbonyl (C=O) groups is 3. The van der Waals surface area contributed by atoms with Crippen LogP contribution in [0.4, 0.5) is 14.5 Å². The summed E-state index contributed by atoms with van der Waals surface area (Å²) in [7, 11) is 7.36. The highest BCUT2D eigenvalue weighted by Gasteiger charge is 2.25. The van der Waals surface area contributed by atoms with E-state index in [1.54, 1.807) is 53.1 Å². The number of halogens is 7. The molecule has 0 radical (unpaired) electrons. The second kappa shape index (κ2) is 41.2. The summed E-state index contributed by atoms with van der Waals surface area (Å²) in [5.41, 5.74) is 9.29. The standard InChI is InChI=1S/C23H19FN2O.C15H15BrN2O.C8H5F.C8H13NO.C7H6BrNO2.C5H9NO.C3H5Br.Cl2OS/c1-2-5-18-7-4-13-26-22(18)25-21-15-17(11-12-20(21)23(26)27)10-9-16-6-3-8-19(24)14-16;1-2-4-10-5-3-8-18-14(10)17-13-9-11(16)6-7-12(13)15(18)19;1-2-7-4-3-5-8(9)6-7;1-2-4-7-5-3-6-9-8(7)10;8-4-1-2-5(7(10)11)6(9)3-4;7-5-3-1-2-4-6-5;1-2-3-4;1-4(2)3/h2-3,6,8,11-12,14-15,18H,1,4-5,7,13H2;2,6-7,9-10H,1,3-5,8H2;1,3-6H;2,7H,1,3-6H2,(H,9,10);1-3H,9H2,(H,10,11);1-4H2,(H,6,7);2H,1,3H2;. The third kappa shape index (κ3) is 26.1. The minimum Gasteiger partial charge on any atom is -0.478 e. The number of benzene rings is 5. The SMILES string of the molecule is C#Cc1cccc(F)c1.C=CCBr.C=CCC1CCCNC1=O.C=CCC1CCCn2c1nc1cc(Br)ccc1c2=O.C=CCC1CCCn2c1nc1cc(C#Cc3cccc(F)c3)ccc1c2=O.Nc1cc(Br)ccc1C(=O)O.O=C1CCCCN1.O=S(Cl)Cl. The second-order valence-electron chi connectivity index (χ2n) is 20.5. The van der Waals surface area contributed by atoms with Gasteiger partial charge in [0.25, 0.3) is 11.1 Å². The third-order valence-electron chi connectivity index (χ3n) is 14.0. The Morgan fingerprint density at radius 3 is 1.59 bits per heavy atom. The number of carboxylic acid groups (broad SMARTS) is 1. The lowest BCUT2D eigenvalue weighted by Crippen LogP contribution is -2.36. The fraction of sp³-hybridized carbons (Fsp3) is 0.290. The Morgan fingerprint density at radius 1 is 0.670 bits per heavy atom. The first-order valence-electron chi connectivity index (χ1n) is 29.0. The van der Waals surface area contributed by atoms with Crippen molar-refractivity contribution in [2.45, 2.75) is 102 Å². The quantitative estimate of drug-likeness (QED) is 0.0372. The first-order valence-corrected chi connectivity index (χ1v) is 34.5. The minimum absolute atomic E-state index is 0.00778. The molecule has 5 aromatic carbocycles. The zero-order valence-electron chi connectivity index (χ0n) is 50.1. The van der Waals surface area contributed by atoms with E-state index in [2.05, 4.69) is 124 Å². The second-order valence-corrected chi connectivity index (χ2v) is 25.5. The number of hydrogen-bond donors (Lipinski definition) is 4. The van der Waals surface area contributed by atoms with E-state index in [0.717, 1.165) is 134 Å². The number of carboxylic acids is 1. The van der Waals surface area contributed by atoms with Gasteiger partial charge in [0.1, 0.15) is 23.3 Å². The van der Waals surface area contributed by atoms with Gasteiger partial charge in [0, 0.05) is 108 Å². The van der Waals surface area contributed by atoms with Crippen molar-refractivity contribution in [2.75, 3.05) is 24.2 Å². The summed E-state index contributed by atoms with van der Waals surface area (Å²) in [6, 6.07) is 27.9. The molecule has 480 valence electrons. The summed E-state index contributed by atoms with van der Waals surface area (Å²) in [6.45, 7) is 17.9. The molecule has 7 aromatic rings. The number of nitrogens with zero attached hydrogens (tertiary/aromatic N) is 4. The van der Waals surface area contributed by atoms with Crippen LogP contribution >= 0.6 is 69.2 Å². The molecule has 0 aliphatic carbocycles. The van der Waals surface area contributed by atoms with E-state index in [1.165, 1.54) is 30.3 Å². The van der Waals surface area contributed by atoms with Crippen molar-refractivity contribution in [2.24, 2.45) is 5.92 Å². The molecule has 91 heavy (non-hydrogen) atoms. The summed E-state index contributed by atoms with van der Waals surface area (Å²) < 4.78 is 40.0.